The molecule has 0 aliphatic rings. The Kier molecular flexibility index (Phi) is 28.6. The third kappa shape index (κ3) is 33.8. The summed E-state index contributed by atoms with van der Waals surface area (Å²) in [5.41, 5.74) is 0. The zero-order valence-corrected chi connectivity index (χ0v) is 24.7. The monoisotopic (exact) mass is 500 g/mol. The fraction of sp³-hybridized carbons (Fsp3) is 0.929. The molecule has 202 valence electrons. The van der Waals surface area contributed by atoms with Crippen molar-refractivity contribution in [2.75, 3.05) is 0 Å². The van der Waals surface area contributed by atoms with Crippen LogP contribution in [-0.4, -0.2) is 43.9 Å². The Morgan fingerprint density at radius 3 is 1.21 bits per heavy atom. The number of hydrogen-bond acceptors (Lipinski definition) is 4. The zero-order chi connectivity index (χ0) is 26.0. The topological polar surface area (TPSA) is 72.8 Å². The molecule has 0 saturated heterocycles. The Bertz CT molecular complexity index is 432. The number of carbonyl (C=O) groups excluding carboxylic acids is 1. The molecule has 0 heterocycles. The molecule has 0 unspecified atom stereocenters. The normalized spacial score (nSPS) is 10.9. The lowest BCUT2D eigenvalue weighted by Gasteiger charge is -2.18. The largest absolute Gasteiger partial charge is 0.674 e. The summed E-state index contributed by atoms with van der Waals surface area (Å²) in [6.07, 6.45) is 23.1. The third-order valence-corrected chi connectivity index (χ3v) is 8.12. The first-order valence-electron chi connectivity index (χ1n) is 14.2. The van der Waals surface area contributed by atoms with Crippen molar-refractivity contribution in [3.8, 4) is 0 Å². The number of carbonyl (C=O) groups is 2. The summed E-state index contributed by atoms with van der Waals surface area (Å²) in [7, 11) is 0. The van der Waals surface area contributed by atoms with Crippen LogP contribution in [0, 0.1) is 0 Å². The van der Waals surface area contributed by atoms with Crippen LogP contribution < -0.4 is 0 Å². The van der Waals surface area contributed by atoms with E-state index in [0.717, 1.165) is 0 Å². The lowest BCUT2D eigenvalue weighted by molar-refractivity contribution is -0.139. The minimum absolute atomic E-state index is 0.307. The summed E-state index contributed by atoms with van der Waals surface area (Å²) in [4.78, 5) is 19.5. The molecule has 0 fully saturated rings. The number of hydrogen-bond donors (Lipinski definition) is 1. The van der Waals surface area contributed by atoms with Crippen LogP contribution in [0.5, 0.6) is 0 Å². The second-order valence-corrected chi connectivity index (χ2v) is 12.1. The molecule has 0 radical (unpaired) electrons. The molecule has 0 aromatic heterocycles. The van der Waals surface area contributed by atoms with E-state index in [4.69, 9.17) is 12.7 Å². The number of rotatable bonds is 23. The maximum Gasteiger partial charge on any atom is 0.674 e. The molecular weight excluding hydrogens is 443 g/mol. The van der Waals surface area contributed by atoms with Gasteiger partial charge in [0.25, 0.3) is 0 Å². The molecule has 0 rings (SSSR count). The maximum absolute atomic E-state index is 9.87. The van der Waals surface area contributed by atoms with Gasteiger partial charge in [-0.3, -0.25) is 9.59 Å². The van der Waals surface area contributed by atoms with Crippen LogP contribution in [0.3, 0.4) is 0 Å². The van der Waals surface area contributed by atoms with Crippen LogP contribution in [0.25, 0.3) is 0 Å². The van der Waals surface area contributed by atoms with Crippen molar-refractivity contribution in [3.63, 3.8) is 0 Å². The van der Waals surface area contributed by atoms with Gasteiger partial charge in [0, 0.05) is 12.2 Å². The minimum Gasteiger partial charge on any atom is -0.481 e. The van der Waals surface area contributed by atoms with Gasteiger partial charge in [0.05, 0.1) is 0 Å². The summed E-state index contributed by atoms with van der Waals surface area (Å²) in [6.45, 7) is 12.0. The van der Waals surface area contributed by atoms with Crippen LogP contribution >= 0.6 is 0 Å². The highest BCUT2D eigenvalue weighted by atomic mass is 27.2. The highest BCUT2D eigenvalue weighted by molar-refractivity contribution is 6.44. The zero-order valence-electron chi connectivity index (χ0n) is 23.5. The molecule has 0 aromatic carbocycles. The van der Waals surface area contributed by atoms with E-state index in [1.54, 1.807) is 0 Å². The molecule has 0 saturated carbocycles. The van der Waals surface area contributed by atoms with Gasteiger partial charge in [-0.25, -0.2) is 0 Å². The van der Waals surface area contributed by atoms with Crippen molar-refractivity contribution in [1.82, 2.24) is 0 Å². The summed E-state index contributed by atoms with van der Waals surface area (Å²) >= 11 is -1.44. The van der Waals surface area contributed by atoms with E-state index in [0.29, 0.717) is 12.2 Å². The van der Waals surface area contributed by atoms with Crippen LogP contribution in [0.15, 0.2) is 0 Å². The van der Waals surface area contributed by atoms with E-state index in [2.05, 4.69) is 34.6 Å². The van der Waals surface area contributed by atoms with Gasteiger partial charge in [0.1, 0.15) is 12.2 Å². The van der Waals surface area contributed by atoms with Crippen molar-refractivity contribution < 1.29 is 22.3 Å². The molecule has 0 aromatic rings. The van der Waals surface area contributed by atoms with Crippen molar-refractivity contribution >= 4 is 26.6 Å². The first-order chi connectivity index (χ1) is 16.2. The van der Waals surface area contributed by atoms with Gasteiger partial charge >= 0.3 is 20.8 Å². The quantitative estimate of drug-likeness (QED) is 0.0863. The molecule has 1 N–H and O–H groups in total. The molecule has 0 atom stereocenters. The number of Topliss-reactive ketones (excluding diaryl/α,β-unsaturated/α-hetero) is 1. The molecule has 5 nitrogen and oxygen atoms in total. The number of unbranched alkanes of at least 4 members (excludes halogenated alkanes) is 15. The second-order valence-electron chi connectivity index (χ2n) is 10.2. The summed E-state index contributed by atoms with van der Waals surface area (Å²) < 4.78 is 12.0. The van der Waals surface area contributed by atoms with Gasteiger partial charge in [-0.15, -0.1) is 0 Å². The fourth-order valence-electron chi connectivity index (χ4n) is 3.85. The van der Waals surface area contributed by atoms with E-state index >= 15 is 0 Å². The van der Waals surface area contributed by atoms with Gasteiger partial charge in [-0.05, 0) is 39.9 Å². The van der Waals surface area contributed by atoms with Gasteiger partial charge in [-0.1, -0.05) is 110 Å². The van der Waals surface area contributed by atoms with Gasteiger partial charge in [-0.2, -0.15) is 0 Å². The van der Waals surface area contributed by atoms with Gasteiger partial charge < -0.3 is 12.7 Å². The van der Waals surface area contributed by atoms with Gasteiger partial charge in [0.15, 0.2) is 0 Å². The summed E-state index contributed by atoms with van der Waals surface area (Å²) in [6, 6.07) is 0. The molecule has 34 heavy (non-hydrogen) atoms. The average Bonchev–Trinajstić information content (AvgIpc) is 2.72. The number of aliphatic carboxylic acids is 1. The van der Waals surface area contributed by atoms with E-state index in [1.165, 1.54) is 115 Å². The van der Waals surface area contributed by atoms with Crippen LogP contribution in [0.1, 0.15) is 151 Å². The highest BCUT2D eigenvalue weighted by Gasteiger charge is 2.26. The van der Waals surface area contributed by atoms with Crippen LogP contribution in [-0.2, 0) is 17.2 Å². The molecule has 6 heteroatoms. The van der Waals surface area contributed by atoms with Crippen LogP contribution in [0.2, 0.25) is 5.28 Å². The molecule has 0 aliphatic carbocycles. The SMILES string of the molecule is CC(=O)CC(=O)O.CCCCCCCCCCCCCCCCC[CH2][Al]([O]C(C)C)[O]C(C)C. The minimum atomic E-state index is -1.44. The van der Waals surface area contributed by atoms with Crippen LogP contribution in [0.4, 0.5) is 0 Å². The lowest BCUT2D eigenvalue weighted by Crippen LogP contribution is -2.29. The van der Waals surface area contributed by atoms with E-state index < -0.39 is 20.8 Å². The second kappa shape index (κ2) is 27.2. The predicted octanol–water partition coefficient (Wildman–Crippen LogP) is 8.64. The molecule has 0 bridgehead atoms. The molecular formula is C28H57AlO5. The third-order valence-electron chi connectivity index (χ3n) is 5.54. The van der Waals surface area contributed by atoms with E-state index in [9.17, 15) is 9.59 Å². The van der Waals surface area contributed by atoms with E-state index in [1.807, 2.05) is 0 Å². The average molecular weight is 501 g/mol. The first-order valence-corrected chi connectivity index (χ1v) is 16.0. The fourth-order valence-corrected chi connectivity index (χ4v) is 6.02. The van der Waals surface area contributed by atoms with Crippen molar-refractivity contribution in [2.24, 2.45) is 0 Å². The van der Waals surface area contributed by atoms with Gasteiger partial charge in [0.2, 0.25) is 0 Å². The molecule has 0 spiro atoms. The number of carboxylic acid groups (broad SMARTS) is 1. The highest BCUT2D eigenvalue weighted by Crippen LogP contribution is 2.15. The smallest absolute Gasteiger partial charge is 0.481 e. The lowest BCUT2D eigenvalue weighted by atomic mass is 10.0. The van der Waals surface area contributed by atoms with Crippen molar-refractivity contribution in [3.05, 3.63) is 0 Å². The predicted molar refractivity (Wildman–Crippen MR) is 145 cm³/mol. The Balaban J connectivity index is 0. The Labute approximate surface area is 216 Å². The molecule has 0 aliphatic heterocycles. The number of carboxylic acids is 1. The van der Waals surface area contributed by atoms with Crippen molar-refractivity contribution in [1.29, 1.82) is 0 Å². The summed E-state index contributed by atoms with van der Waals surface area (Å²) in [5.74, 6) is -1.37. The summed E-state index contributed by atoms with van der Waals surface area (Å²) in [5, 5.41) is 9.04. The number of ketones is 1. The Morgan fingerprint density at radius 2 is 0.971 bits per heavy atom. The van der Waals surface area contributed by atoms with Crippen molar-refractivity contribution in [2.45, 2.75) is 168 Å². The standard InChI is InChI=1S/C18H37.C4H6O3.2C3H7O.Al/c1-3-5-7-9-11-13-15-17-18-16-14-12-10-8-6-4-2;1-3(5)2-4(6)7;2*1-3(2)4;/h1,3-18H2,2H3;2H2,1H3,(H,6,7);2*3H,1-2H3;/q;;2*-1;+2. The molecule has 0 amide bonds. The first kappa shape index (κ1) is 35.8. The maximum atomic E-state index is 9.87. The Hall–Kier alpha value is -0.408. The van der Waals surface area contributed by atoms with E-state index in [-0.39, 0.29) is 12.2 Å². The Morgan fingerprint density at radius 1 is 0.647 bits per heavy atom.